The predicted molar refractivity (Wildman–Crippen MR) is 176 cm³/mol. The fourth-order valence-corrected chi connectivity index (χ4v) is 10.6. The molecule has 0 aromatic rings. The van der Waals surface area contributed by atoms with Crippen molar-refractivity contribution in [2.24, 2.45) is 0 Å². The second-order valence-corrected chi connectivity index (χ2v) is 14.8. The van der Waals surface area contributed by atoms with Crippen LogP contribution in [0, 0.1) is 11.3 Å². The van der Waals surface area contributed by atoms with Crippen LogP contribution in [0.2, 0.25) is 0 Å². The second-order valence-electron chi connectivity index (χ2n) is 11.7. The van der Waals surface area contributed by atoms with Gasteiger partial charge in [0, 0.05) is 27.0 Å². The van der Waals surface area contributed by atoms with E-state index in [1.54, 1.807) is 83.1 Å². The van der Waals surface area contributed by atoms with Gasteiger partial charge in [0.2, 0.25) is 0 Å². The summed E-state index contributed by atoms with van der Waals surface area (Å²) >= 11 is 0. The van der Waals surface area contributed by atoms with Crippen LogP contribution in [0.25, 0.3) is 0 Å². The Kier molecular flexibility index (Phi) is 36.4. The SMILES string of the molecule is C1=CCCCCC=C1.C1CCC(P(C2CCCCC2)C2CCCCC2)CC1.CC#N.F[B-](F)(F)F.F[B-](F)(F)F.F[B-](F)(F)F.F[B-](F)(F)F.[Ir]. The molecule has 0 heterocycles. The minimum Gasteiger partial charge on any atom is -0.418 e. The van der Waals surface area contributed by atoms with Crippen LogP contribution in [0.4, 0.5) is 69.1 Å². The van der Waals surface area contributed by atoms with E-state index >= 15 is 0 Å². The zero-order valence-electron chi connectivity index (χ0n) is 28.6. The molecule has 4 aliphatic carbocycles. The summed E-state index contributed by atoms with van der Waals surface area (Å²) in [5, 5.41) is 7.32. The van der Waals surface area contributed by atoms with Crippen LogP contribution in [-0.2, 0) is 20.1 Å². The van der Waals surface area contributed by atoms with Crippen molar-refractivity contribution in [2.45, 2.75) is 146 Å². The molecule has 4 rings (SSSR count). The Morgan fingerprint density at radius 1 is 0.431 bits per heavy atom. The van der Waals surface area contributed by atoms with E-state index in [2.05, 4.69) is 24.3 Å². The summed E-state index contributed by atoms with van der Waals surface area (Å²) in [4.78, 5) is 0. The molecule has 0 saturated heterocycles. The van der Waals surface area contributed by atoms with Gasteiger partial charge in [-0.15, -0.1) is 0 Å². The van der Waals surface area contributed by atoms with Gasteiger partial charge in [-0.05, 0) is 81.2 Å². The summed E-state index contributed by atoms with van der Waals surface area (Å²) in [5.41, 5.74) is 3.57. The maximum atomic E-state index is 9.75. The standard InChI is InChI=1S/C18H33P.C8H12.C2H3N.4BF4.Ir/c1-4-10-16(11-5-1)19(17-12-6-2-7-13-17)18-14-8-3-9-15-18;1-2-4-6-8-7-5-3-1;1-2-3;4*2-1(3,4)5;/h16-18H,1-15H2;1-4H,5-8H2;1H3;;;;;/q;;;4*-1;. The summed E-state index contributed by atoms with van der Waals surface area (Å²) in [6, 6.07) is 1.75. The van der Waals surface area contributed by atoms with Crippen LogP contribution < -0.4 is 0 Å². The molecule has 0 N–H and O–H groups in total. The number of hydrogen-bond donors (Lipinski definition) is 0. The van der Waals surface area contributed by atoms with Gasteiger partial charge in [0.15, 0.2) is 0 Å². The number of nitriles is 1. The Bertz CT molecular complexity index is 754. The van der Waals surface area contributed by atoms with Crippen molar-refractivity contribution < 1.29 is 89.2 Å². The topological polar surface area (TPSA) is 23.8 Å². The first kappa shape index (κ1) is 56.9. The van der Waals surface area contributed by atoms with Crippen LogP contribution in [0.1, 0.15) is 129 Å². The number of hydrogen-bond acceptors (Lipinski definition) is 1. The molecular weight excluding hydrogens is 921 g/mol. The van der Waals surface area contributed by atoms with Gasteiger partial charge in [0.05, 0.1) is 6.07 Å². The summed E-state index contributed by atoms with van der Waals surface area (Å²) in [5.74, 6) is 0. The molecular formula is C28H48B4F16IrNP-4. The first-order valence-electron chi connectivity index (χ1n) is 16.8. The Morgan fingerprint density at radius 3 is 0.784 bits per heavy atom. The van der Waals surface area contributed by atoms with Crippen molar-refractivity contribution in [3.63, 3.8) is 0 Å². The number of halogens is 16. The third-order valence-electron chi connectivity index (χ3n) is 7.36. The number of nitrogens with zero attached hydrogens (tertiary/aromatic N) is 1. The summed E-state index contributed by atoms with van der Waals surface area (Å²) in [6.07, 6.45) is 37.6. The van der Waals surface area contributed by atoms with E-state index in [9.17, 15) is 69.1 Å². The van der Waals surface area contributed by atoms with E-state index < -0.39 is 29.0 Å². The van der Waals surface area contributed by atoms with E-state index in [0.29, 0.717) is 7.92 Å². The molecule has 0 aromatic heterocycles. The van der Waals surface area contributed by atoms with Crippen LogP contribution in [0.15, 0.2) is 24.3 Å². The second kappa shape index (κ2) is 32.6. The van der Waals surface area contributed by atoms with E-state index in [0.717, 1.165) is 0 Å². The maximum absolute atomic E-state index is 9.75. The van der Waals surface area contributed by atoms with Gasteiger partial charge in [0.25, 0.3) is 0 Å². The van der Waals surface area contributed by atoms with E-state index in [1.165, 1.54) is 68.8 Å². The van der Waals surface area contributed by atoms with Crippen LogP contribution in [0.3, 0.4) is 0 Å². The van der Waals surface area contributed by atoms with Crippen LogP contribution >= 0.6 is 7.92 Å². The molecule has 0 spiro atoms. The molecule has 307 valence electrons. The monoisotopic (exact) mass is 970 g/mol. The van der Waals surface area contributed by atoms with Crippen molar-refractivity contribution in [3.8, 4) is 6.07 Å². The molecule has 4 aliphatic rings. The quantitative estimate of drug-likeness (QED) is 0.157. The third-order valence-corrected chi connectivity index (χ3v) is 11.4. The fraction of sp³-hybridized carbons (Fsp3) is 0.821. The zero-order valence-corrected chi connectivity index (χ0v) is 31.9. The molecule has 3 saturated carbocycles. The molecule has 0 atom stereocenters. The minimum atomic E-state index is -6.00. The fourth-order valence-electron chi connectivity index (χ4n) is 5.91. The van der Waals surface area contributed by atoms with E-state index in [4.69, 9.17) is 5.26 Å². The molecule has 23 heteroatoms. The molecule has 1 radical (unpaired) electrons. The largest absolute Gasteiger partial charge is 0.673 e. The van der Waals surface area contributed by atoms with Crippen LogP contribution in [-0.4, -0.2) is 46.0 Å². The number of allylic oxidation sites excluding steroid dienone is 4. The van der Waals surface area contributed by atoms with Crippen molar-refractivity contribution in [1.82, 2.24) is 0 Å². The smallest absolute Gasteiger partial charge is 0.418 e. The maximum Gasteiger partial charge on any atom is 0.673 e. The molecule has 51 heavy (non-hydrogen) atoms. The molecule has 0 aromatic carbocycles. The van der Waals surface area contributed by atoms with E-state index in [1.807, 2.05) is 0 Å². The first-order valence-corrected chi connectivity index (χ1v) is 18.3. The summed E-state index contributed by atoms with van der Waals surface area (Å²) < 4.78 is 156. The minimum absolute atomic E-state index is 0. The molecule has 0 amide bonds. The molecule has 1 nitrogen and oxygen atoms in total. The van der Waals surface area contributed by atoms with Crippen molar-refractivity contribution in [1.29, 1.82) is 5.26 Å². The zero-order chi connectivity index (χ0) is 39.3. The van der Waals surface area contributed by atoms with E-state index in [-0.39, 0.29) is 20.1 Å². The summed E-state index contributed by atoms with van der Waals surface area (Å²) in [7, 11) is -23.6. The van der Waals surface area contributed by atoms with Gasteiger partial charge in [-0.1, -0.05) is 90.0 Å². The first-order chi connectivity index (χ1) is 22.9. The Labute approximate surface area is 307 Å². The van der Waals surface area contributed by atoms with Crippen molar-refractivity contribution in [3.05, 3.63) is 24.3 Å². The Morgan fingerprint density at radius 2 is 0.608 bits per heavy atom. The third kappa shape index (κ3) is 58.7. The summed E-state index contributed by atoms with van der Waals surface area (Å²) in [6.45, 7) is 1.43. The average molecular weight is 969 g/mol. The van der Waals surface area contributed by atoms with Gasteiger partial charge in [-0.3, -0.25) is 0 Å². The van der Waals surface area contributed by atoms with Gasteiger partial charge in [0.1, 0.15) is 0 Å². The molecule has 0 bridgehead atoms. The van der Waals surface area contributed by atoms with Crippen LogP contribution in [0.5, 0.6) is 0 Å². The number of rotatable bonds is 3. The van der Waals surface area contributed by atoms with Gasteiger partial charge in [-0.2, -0.15) is 5.26 Å². The normalized spacial score (nSPS) is 18.8. The molecule has 3 fully saturated rings. The van der Waals surface area contributed by atoms with Gasteiger partial charge >= 0.3 is 29.0 Å². The predicted octanol–water partition coefficient (Wildman–Crippen LogP) is 14.9. The molecule has 0 aliphatic heterocycles. The van der Waals surface area contributed by atoms with Crippen molar-refractivity contribution >= 4 is 36.9 Å². The average Bonchev–Trinajstić information content (AvgIpc) is 2.92. The Balaban J connectivity index is -0.000000289. The van der Waals surface area contributed by atoms with Gasteiger partial charge < -0.3 is 69.1 Å². The van der Waals surface area contributed by atoms with Gasteiger partial charge in [-0.25, -0.2) is 0 Å². The Hall–Kier alpha value is -0.811. The molecule has 0 unspecified atom stereocenters. The van der Waals surface area contributed by atoms with Crippen molar-refractivity contribution in [2.75, 3.05) is 0 Å².